The summed E-state index contributed by atoms with van der Waals surface area (Å²) in [6.07, 6.45) is 1.10. The molecule has 0 atom stereocenters. The van der Waals surface area contributed by atoms with Gasteiger partial charge in [-0.1, -0.05) is 23.7 Å². The van der Waals surface area contributed by atoms with Crippen LogP contribution in [0.15, 0.2) is 24.3 Å². The summed E-state index contributed by atoms with van der Waals surface area (Å²) in [6.45, 7) is 1.51. The summed E-state index contributed by atoms with van der Waals surface area (Å²) in [5, 5.41) is 3.30. The lowest BCUT2D eigenvalue weighted by molar-refractivity contribution is -0.121. The molecule has 1 aromatic rings. The van der Waals surface area contributed by atoms with E-state index in [0.717, 1.165) is 6.42 Å². The van der Waals surface area contributed by atoms with Crippen LogP contribution in [-0.4, -0.2) is 25.6 Å². The Morgan fingerprint density at radius 3 is 2.88 bits per heavy atom. The van der Waals surface area contributed by atoms with Crippen molar-refractivity contribution in [2.45, 2.75) is 12.8 Å². The van der Waals surface area contributed by atoms with Crippen LogP contribution in [0.25, 0.3) is 0 Å². The summed E-state index contributed by atoms with van der Waals surface area (Å²) in [6, 6.07) is 7.18. The first-order valence-electron chi connectivity index (χ1n) is 5.58. The normalized spacial score (nSPS) is 10.0. The Hall–Kier alpha value is -1.26. The number of rotatable bonds is 7. The Kier molecular flexibility index (Phi) is 6.43. The number of nitrogens with two attached hydrogens (primary N) is 1. The third kappa shape index (κ3) is 5.56. The lowest BCUT2D eigenvalue weighted by Gasteiger charge is -2.08. The summed E-state index contributed by atoms with van der Waals surface area (Å²) in [7, 11) is 0. The number of hydrogen-bond acceptors (Lipinski definition) is 3. The maximum atomic E-state index is 11.3. The molecule has 0 aromatic heterocycles. The highest BCUT2D eigenvalue weighted by Gasteiger charge is 2.03. The van der Waals surface area contributed by atoms with Crippen molar-refractivity contribution in [3.63, 3.8) is 0 Å². The van der Waals surface area contributed by atoms with Crippen LogP contribution in [0.1, 0.15) is 12.8 Å². The van der Waals surface area contributed by atoms with Crippen molar-refractivity contribution < 1.29 is 9.53 Å². The molecule has 0 bridgehead atoms. The van der Waals surface area contributed by atoms with Crippen LogP contribution in [0, 0.1) is 0 Å². The van der Waals surface area contributed by atoms with Gasteiger partial charge in [0.05, 0.1) is 18.1 Å². The summed E-state index contributed by atoms with van der Waals surface area (Å²) >= 11 is 5.90. The van der Waals surface area contributed by atoms with Gasteiger partial charge in [0, 0.05) is 6.54 Å². The zero-order chi connectivity index (χ0) is 12.5. The third-order valence-corrected chi connectivity index (χ3v) is 2.44. The average molecular weight is 257 g/mol. The summed E-state index contributed by atoms with van der Waals surface area (Å²) < 4.78 is 5.40. The molecular weight excluding hydrogens is 240 g/mol. The fourth-order valence-electron chi connectivity index (χ4n) is 1.23. The van der Waals surface area contributed by atoms with Gasteiger partial charge in [0.25, 0.3) is 0 Å². The molecule has 3 N–H and O–H groups in total. The number of carbonyl (C=O) groups excluding carboxylic acids is 1. The molecular formula is C12H17ClN2O2. The third-order valence-electron chi connectivity index (χ3n) is 2.13. The predicted octanol–water partition coefficient (Wildman–Crippen LogP) is 1.57. The number of para-hydroxylation sites is 1. The second-order valence-electron chi connectivity index (χ2n) is 3.52. The van der Waals surface area contributed by atoms with E-state index >= 15 is 0 Å². The van der Waals surface area contributed by atoms with Crippen molar-refractivity contribution in [1.82, 2.24) is 5.32 Å². The van der Waals surface area contributed by atoms with Gasteiger partial charge in [-0.25, -0.2) is 0 Å². The largest absolute Gasteiger partial charge is 0.491 e. The van der Waals surface area contributed by atoms with Crippen LogP contribution >= 0.6 is 11.6 Å². The highest BCUT2D eigenvalue weighted by Crippen LogP contribution is 2.22. The number of ether oxygens (including phenoxy) is 1. The van der Waals surface area contributed by atoms with E-state index in [1.807, 2.05) is 12.1 Å². The molecule has 94 valence electrons. The standard InChI is InChI=1S/C12H17ClN2O2/c13-10-4-1-2-5-11(10)17-9-6-12(16)15-8-3-7-14/h1-2,4-5H,3,6-9,14H2,(H,15,16). The molecule has 0 spiro atoms. The van der Waals surface area contributed by atoms with Gasteiger partial charge < -0.3 is 15.8 Å². The van der Waals surface area contributed by atoms with Gasteiger partial charge in [-0.15, -0.1) is 0 Å². The van der Waals surface area contributed by atoms with Crippen LogP contribution in [0.4, 0.5) is 0 Å². The van der Waals surface area contributed by atoms with Crippen LogP contribution < -0.4 is 15.8 Å². The summed E-state index contributed by atoms with van der Waals surface area (Å²) in [4.78, 5) is 11.3. The van der Waals surface area contributed by atoms with Gasteiger partial charge in [0.15, 0.2) is 0 Å². The van der Waals surface area contributed by atoms with E-state index in [4.69, 9.17) is 22.1 Å². The van der Waals surface area contributed by atoms with Crippen molar-refractivity contribution >= 4 is 17.5 Å². The minimum absolute atomic E-state index is 0.0366. The number of carbonyl (C=O) groups is 1. The Balaban J connectivity index is 2.19. The Bertz CT molecular complexity index is 358. The predicted molar refractivity (Wildman–Crippen MR) is 68.2 cm³/mol. The fraction of sp³-hybridized carbons (Fsp3) is 0.417. The number of halogens is 1. The molecule has 1 aromatic carbocycles. The van der Waals surface area contributed by atoms with Crippen molar-refractivity contribution in [3.05, 3.63) is 29.3 Å². The molecule has 0 unspecified atom stereocenters. The van der Waals surface area contributed by atoms with Crippen LogP contribution in [-0.2, 0) is 4.79 Å². The van der Waals surface area contributed by atoms with E-state index in [-0.39, 0.29) is 5.91 Å². The Labute approximate surface area is 106 Å². The van der Waals surface area contributed by atoms with E-state index < -0.39 is 0 Å². The summed E-state index contributed by atoms with van der Waals surface area (Å²) in [5.41, 5.74) is 5.32. The van der Waals surface area contributed by atoms with E-state index in [1.54, 1.807) is 12.1 Å². The Morgan fingerprint density at radius 2 is 2.18 bits per heavy atom. The number of amides is 1. The highest BCUT2D eigenvalue weighted by atomic mass is 35.5. The first-order valence-corrected chi connectivity index (χ1v) is 5.96. The molecule has 0 radical (unpaired) electrons. The lowest BCUT2D eigenvalue weighted by atomic mass is 10.3. The van der Waals surface area contributed by atoms with Gasteiger partial charge in [-0.05, 0) is 25.1 Å². The van der Waals surface area contributed by atoms with Crippen LogP contribution in [0.5, 0.6) is 5.75 Å². The second kappa shape index (κ2) is 7.92. The van der Waals surface area contributed by atoms with Gasteiger partial charge in [-0.3, -0.25) is 4.79 Å². The molecule has 1 amide bonds. The maximum Gasteiger partial charge on any atom is 0.223 e. The number of hydrogen-bond donors (Lipinski definition) is 2. The second-order valence-corrected chi connectivity index (χ2v) is 3.93. The minimum Gasteiger partial charge on any atom is -0.491 e. The van der Waals surface area contributed by atoms with Gasteiger partial charge in [0.2, 0.25) is 5.91 Å². The quantitative estimate of drug-likeness (QED) is 0.728. The van der Waals surface area contributed by atoms with E-state index in [2.05, 4.69) is 5.32 Å². The SMILES string of the molecule is NCCCNC(=O)CCOc1ccccc1Cl. The van der Waals surface area contributed by atoms with Crippen molar-refractivity contribution in [2.24, 2.45) is 5.73 Å². The smallest absolute Gasteiger partial charge is 0.223 e. The van der Waals surface area contributed by atoms with Gasteiger partial charge in [0.1, 0.15) is 5.75 Å². The monoisotopic (exact) mass is 256 g/mol. The average Bonchev–Trinajstić information content (AvgIpc) is 2.32. The Morgan fingerprint density at radius 1 is 1.41 bits per heavy atom. The molecule has 0 aliphatic rings. The molecule has 0 saturated heterocycles. The summed E-state index contributed by atoms with van der Waals surface area (Å²) in [5.74, 6) is 0.564. The molecule has 0 heterocycles. The molecule has 5 heteroatoms. The van der Waals surface area contributed by atoms with Crippen molar-refractivity contribution in [3.8, 4) is 5.75 Å². The molecule has 0 aliphatic carbocycles. The lowest BCUT2D eigenvalue weighted by Crippen LogP contribution is -2.27. The van der Waals surface area contributed by atoms with Crippen molar-refractivity contribution in [2.75, 3.05) is 19.7 Å². The van der Waals surface area contributed by atoms with E-state index in [9.17, 15) is 4.79 Å². The molecule has 1 rings (SSSR count). The zero-order valence-corrected chi connectivity index (χ0v) is 10.4. The topological polar surface area (TPSA) is 64.3 Å². The number of benzene rings is 1. The van der Waals surface area contributed by atoms with Gasteiger partial charge in [-0.2, -0.15) is 0 Å². The maximum absolute atomic E-state index is 11.3. The van der Waals surface area contributed by atoms with Crippen molar-refractivity contribution in [1.29, 1.82) is 0 Å². The first-order chi connectivity index (χ1) is 8.24. The number of nitrogens with one attached hydrogen (secondary N) is 1. The van der Waals surface area contributed by atoms with Crippen LogP contribution in [0.3, 0.4) is 0 Å². The molecule has 0 saturated carbocycles. The van der Waals surface area contributed by atoms with Crippen LogP contribution in [0.2, 0.25) is 5.02 Å². The first kappa shape index (κ1) is 13.8. The highest BCUT2D eigenvalue weighted by molar-refractivity contribution is 6.32. The fourth-order valence-corrected chi connectivity index (χ4v) is 1.42. The van der Waals surface area contributed by atoms with E-state index in [0.29, 0.717) is 36.9 Å². The molecule has 0 aliphatic heterocycles. The molecule has 17 heavy (non-hydrogen) atoms. The molecule has 4 nitrogen and oxygen atoms in total. The zero-order valence-electron chi connectivity index (χ0n) is 9.62. The molecule has 0 fully saturated rings. The minimum atomic E-state index is -0.0366. The van der Waals surface area contributed by atoms with E-state index in [1.165, 1.54) is 0 Å². The van der Waals surface area contributed by atoms with Gasteiger partial charge >= 0.3 is 0 Å².